The second-order valence-electron chi connectivity index (χ2n) is 19.5. The number of nitrogens with one attached hydrogen (secondary N) is 1. The summed E-state index contributed by atoms with van der Waals surface area (Å²) in [6.07, 6.45) is 20.6. The molecule has 1 fully saturated rings. The number of benzene rings is 2. The Morgan fingerprint density at radius 1 is 0.924 bits per heavy atom. The minimum Gasteiger partial charge on any atom is -0.497 e. The number of oxime groups is 1. The number of allylic oxidation sites excluding steroid dienone is 1. The topological polar surface area (TPSA) is 148 Å². The maximum absolute atomic E-state index is 14.6. The Balaban J connectivity index is 1.54. The molecule has 6 atom stereocenters. The van der Waals surface area contributed by atoms with Crippen LogP contribution < -0.4 is 19.5 Å². The molecule has 1 saturated carbocycles. The second kappa shape index (κ2) is 26.2. The highest BCUT2D eigenvalue weighted by atomic mass is 16.7. The molecule has 366 valence electrons. The molecule has 1 aliphatic heterocycles. The Kier molecular flexibility index (Phi) is 20.9. The van der Waals surface area contributed by atoms with Crippen molar-refractivity contribution in [3.8, 4) is 17.2 Å². The number of carbonyl (C=O) groups is 2. The molecule has 0 saturated heterocycles. The van der Waals surface area contributed by atoms with Crippen molar-refractivity contribution in [3.63, 3.8) is 0 Å². The van der Waals surface area contributed by atoms with Gasteiger partial charge < -0.3 is 44.2 Å². The minimum atomic E-state index is -1.39. The summed E-state index contributed by atoms with van der Waals surface area (Å²) in [7, 11) is 3.42. The quantitative estimate of drug-likeness (QED) is 0.0431. The minimum absolute atomic E-state index is 0.0279. The standard InChI is InChI=1S/C54H81N3O9/c1-8-10-11-12-13-14-15-16-17-20-30-55-52(61)64-42-28-29-47-45(37-42)50-43(27-19-22-32-59)40(25-18-21-31-58)36-44-46(56-66-53(3,4)5)38-48(54(65-47,51(44)50)63-33-9-2)57(6)49(60)35-39-24-23-26-41(34-39)62-7/h9,23-24,26,28-29,34,36-37,40,43,48,50-51,58-59H,2,8,10-22,25,27,30-33,35,38H2,1,3-7H3,(H,55,61)/t40-,43+,48-,50+,51+,54+/m0/s1. The normalized spacial score (nSPS) is 22.6. The number of fused-ring (bicyclic) bond motifs is 2. The number of aliphatic hydroxyl groups is 2. The Hall–Kier alpha value is -4.39. The molecule has 0 unspecified atom stereocenters. The molecule has 0 bridgehead atoms. The highest BCUT2D eigenvalue weighted by Crippen LogP contribution is 2.62. The van der Waals surface area contributed by atoms with Gasteiger partial charge in [-0.2, -0.15) is 0 Å². The van der Waals surface area contributed by atoms with Crippen LogP contribution in [0, 0.1) is 17.8 Å². The third kappa shape index (κ3) is 14.3. The maximum Gasteiger partial charge on any atom is 0.412 e. The van der Waals surface area contributed by atoms with E-state index in [0.29, 0.717) is 36.6 Å². The highest BCUT2D eigenvalue weighted by molar-refractivity contribution is 6.03. The van der Waals surface area contributed by atoms with Crippen LogP contribution in [0.4, 0.5) is 4.79 Å². The number of aliphatic hydroxyl groups excluding tert-OH is 2. The zero-order chi connectivity index (χ0) is 47.5. The van der Waals surface area contributed by atoms with Gasteiger partial charge in [-0.15, -0.1) is 6.58 Å². The Morgan fingerprint density at radius 3 is 2.29 bits per heavy atom. The molecule has 2 aromatic carbocycles. The van der Waals surface area contributed by atoms with Crippen molar-refractivity contribution in [2.45, 2.75) is 167 Å². The summed E-state index contributed by atoms with van der Waals surface area (Å²) in [5.41, 5.74) is 2.76. The third-order valence-electron chi connectivity index (χ3n) is 13.4. The van der Waals surface area contributed by atoms with Crippen LogP contribution in [0.15, 0.2) is 71.9 Å². The predicted molar refractivity (Wildman–Crippen MR) is 261 cm³/mol. The summed E-state index contributed by atoms with van der Waals surface area (Å²) >= 11 is 0. The fourth-order valence-electron chi connectivity index (χ4n) is 10.2. The van der Waals surface area contributed by atoms with Crippen LogP contribution in [0.25, 0.3) is 0 Å². The fourth-order valence-corrected chi connectivity index (χ4v) is 10.2. The van der Waals surface area contributed by atoms with Crippen molar-refractivity contribution in [3.05, 3.63) is 77.9 Å². The van der Waals surface area contributed by atoms with Crippen molar-refractivity contribution >= 4 is 17.7 Å². The van der Waals surface area contributed by atoms with Gasteiger partial charge in [-0.1, -0.05) is 107 Å². The monoisotopic (exact) mass is 916 g/mol. The van der Waals surface area contributed by atoms with Crippen LogP contribution in [0.5, 0.6) is 17.2 Å². The lowest BCUT2D eigenvalue weighted by molar-refractivity contribution is -0.255. The molecule has 12 heteroatoms. The van der Waals surface area contributed by atoms with E-state index in [1.165, 1.54) is 44.9 Å². The summed E-state index contributed by atoms with van der Waals surface area (Å²) in [5, 5.41) is 27.8. The molecule has 66 heavy (non-hydrogen) atoms. The van der Waals surface area contributed by atoms with Gasteiger partial charge in [0.25, 0.3) is 0 Å². The number of hydrogen-bond donors (Lipinski definition) is 3. The fraction of sp³-hybridized carbons (Fsp3) is 0.648. The molecule has 0 aromatic heterocycles. The first-order valence-corrected chi connectivity index (χ1v) is 25.0. The Morgan fingerprint density at radius 2 is 1.62 bits per heavy atom. The molecule has 2 aliphatic carbocycles. The predicted octanol–water partition coefficient (Wildman–Crippen LogP) is 10.8. The van der Waals surface area contributed by atoms with E-state index in [4.69, 9.17) is 28.9 Å². The molecular formula is C54H81N3O9. The Bertz CT molecular complexity index is 1910. The largest absolute Gasteiger partial charge is 0.497 e. The van der Waals surface area contributed by atoms with Crippen molar-refractivity contribution in [1.82, 2.24) is 10.2 Å². The van der Waals surface area contributed by atoms with Crippen LogP contribution in [-0.4, -0.2) is 90.8 Å². The van der Waals surface area contributed by atoms with Crippen molar-refractivity contribution < 1.29 is 43.6 Å². The first-order chi connectivity index (χ1) is 31.9. The number of nitrogens with zero attached hydrogens (tertiary/aromatic N) is 2. The van der Waals surface area contributed by atoms with Gasteiger partial charge in [0.1, 0.15) is 28.9 Å². The van der Waals surface area contributed by atoms with Crippen LogP contribution in [-0.2, 0) is 20.8 Å². The van der Waals surface area contributed by atoms with Crippen molar-refractivity contribution in [2.75, 3.05) is 40.5 Å². The van der Waals surface area contributed by atoms with Crippen LogP contribution in [0.2, 0.25) is 0 Å². The molecule has 0 radical (unpaired) electrons. The molecule has 2 aromatic rings. The Labute approximate surface area is 395 Å². The number of unbranched alkanes of at least 4 members (excludes halogenated alkanes) is 11. The van der Waals surface area contributed by atoms with Gasteiger partial charge in [-0.3, -0.25) is 4.79 Å². The molecule has 5 rings (SSSR count). The molecule has 0 spiro atoms. The van der Waals surface area contributed by atoms with E-state index in [1.807, 2.05) is 57.2 Å². The van der Waals surface area contributed by atoms with Gasteiger partial charge in [0.2, 0.25) is 11.7 Å². The highest BCUT2D eigenvalue weighted by Gasteiger charge is 2.65. The number of likely N-dealkylation sites (N-methyl/N-ethyl adjacent to an activating group) is 1. The van der Waals surface area contributed by atoms with Crippen molar-refractivity contribution in [1.29, 1.82) is 0 Å². The average Bonchev–Trinajstić information content (AvgIpc) is 3.30. The average molecular weight is 916 g/mol. The van der Waals surface area contributed by atoms with E-state index in [-0.39, 0.29) is 56.3 Å². The van der Waals surface area contributed by atoms with Gasteiger partial charge in [-0.25, -0.2) is 4.79 Å². The summed E-state index contributed by atoms with van der Waals surface area (Å²) in [6.45, 7) is 13.0. The third-order valence-corrected chi connectivity index (χ3v) is 13.4. The lowest BCUT2D eigenvalue weighted by atomic mass is 9.55. The van der Waals surface area contributed by atoms with Gasteiger partial charge >= 0.3 is 6.09 Å². The molecule has 12 nitrogen and oxygen atoms in total. The zero-order valence-corrected chi connectivity index (χ0v) is 41.0. The van der Waals surface area contributed by atoms with E-state index in [9.17, 15) is 19.8 Å². The van der Waals surface area contributed by atoms with Crippen LogP contribution in [0.1, 0.15) is 154 Å². The zero-order valence-electron chi connectivity index (χ0n) is 41.0. The van der Waals surface area contributed by atoms with Crippen molar-refractivity contribution in [2.24, 2.45) is 22.9 Å². The maximum atomic E-state index is 14.6. The summed E-state index contributed by atoms with van der Waals surface area (Å²) < 4.78 is 25.8. The van der Waals surface area contributed by atoms with Gasteiger partial charge in [0, 0.05) is 44.7 Å². The number of hydrogen-bond acceptors (Lipinski definition) is 10. The van der Waals surface area contributed by atoms with Gasteiger partial charge in [0.05, 0.1) is 31.8 Å². The SMILES string of the molecule is C=CCO[C@@]12Oc3ccc(OC(=O)NCCCCCCCCCCCC)cc3[C@H]3[C@H](CCCCO)[C@@H](CCCCO)C=C(C(=NOC(C)(C)C)C[C@@H]1N(C)C(=O)Cc1cccc(OC)c1)[C@H]32. The first-order valence-electron chi connectivity index (χ1n) is 25.0. The number of methoxy groups -OCH3 is 1. The number of ether oxygens (including phenoxy) is 4. The van der Waals surface area contributed by atoms with E-state index >= 15 is 0 Å². The molecule has 2 amide bonds. The summed E-state index contributed by atoms with van der Waals surface area (Å²) in [6, 6.07) is 12.4. The molecule has 1 heterocycles. The second-order valence-corrected chi connectivity index (χ2v) is 19.5. The van der Waals surface area contributed by atoms with Gasteiger partial charge in [-0.05, 0) is 106 Å². The summed E-state index contributed by atoms with van der Waals surface area (Å²) in [5.74, 6) is -0.499. The number of amides is 2. The summed E-state index contributed by atoms with van der Waals surface area (Å²) in [4.78, 5) is 35.9. The number of carbonyl (C=O) groups excluding carboxylic acids is 2. The van der Waals surface area contributed by atoms with E-state index < -0.39 is 29.4 Å². The van der Waals surface area contributed by atoms with Gasteiger partial charge in [0.15, 0.2) is 0 Å². The van der Waals surface area contributed by atoms with Crippen LogP contribution >= 0.6 is 0 Å². The molecule has 3 N–H and O–H groups in total. The molecular weight excluding hydrogens is 835 g/mol. The first kappa shape index (κ1) is 52.6. The lowest BCUT2D eigenvalue weighted by Crippen LogP contribution is -2.69. The number of rotatable bonds is 28. The van der Waals surface area contributed by atoms with E-state index in [2.05, 4.69) is 24.9 Å². The van der Waals surface area contributed by atoms with E-state index in [1.54, 1.807) is 31.2 Å². The van der Waals surface area contributed by atoms with E-state index in [0.717, 1.165) is 67.4 Å². The smallest absolute Gasteiger partial charge is 0.412 e. The molecule has 3 aliphatic rings. The lowest BCUT2D eigenvalue weighted by Gasteiger charge is -2.59. The van der Waals surface area contributed by atoms with Crippen LogP contribution in [0.3, 0.4) is 0 Å².